The quantitative estimate of drug-likeness (QED) is 0.592. The Hall–Kier alpha value is -1.33. The van der Waals surface area contributed by atoms with Gasteiger partial charge in [-0.2, -0.15) is 0 Å². The molecule has 0 saturated heterocycles. The fourth-order valence-corrected chi connectivity index (χ4v) is 4.97. The van der Waals surface area contributed by atoms with Crippen LogP contribution in [0, 0.1) is 0 Å². The number of fused-ring (bicyclic) bond motifs is 2. The van der Waals surface area contributed by atoms with E-state index in [-0.39, 0.29) is 5.91 Å². The van der Waals surface area contributed by atoms with Crippen LogP contribution in [0.25, 0.3) is 11.6 Å². The molecule has 0 bridgehead atoms. The van der Waals surface area contributed by atoms with Gasteiger partial charge in [-0.3, -0.25) is 4.79 Å². The first-order valence-corrected chi connectivity index (χ1v) is 9.83. The second kappa shape index (κ2) is 6.19. The second-order valence-corrected chi connectivity index (χ2v) is 8.00. The van der Waals surface area contributed by atoms with Crippen LogP contribution >= 0.6 is 31.9 Å². The van der Waals surface area contributed by atoms with Crippen molar-refractivity contribution in [3.05, 3.63) is 49.3 Å². The van der Waals surface area contributed by atoms with E-state index in [4.69, 9.17) is 4.42 Å². The molecule has 24 heavy (non-hydrogen) atoms. The van der Waals surface area contributed by atoms with Gasteiger partial charge in [-0.05, 0) is 65.4 Å². The fraction of sp³-hybridized carbons (Fsp3) is 0.316. The average Bonchev–Trinajstić information content (AvgIpc) is 3.06. The highest BCUT2D eigenvalue weighted by molar-refractivity contribution is 9.11. The smallest absolute Gasteiger partial charge is 0.256 e. The van der Waals surface area contributed by atoms with Crippen LogP contribution in [-0.2, 0) is 24.1 Å². The molecule has 1 aromatic carbocycles. The summed E-state index contributed by atoms with van der Waals surface area (Å²) in [6, 6.07) is 3.91. The standard InChI is InChI=1S/C19H17Br2NO2/c1-2-11-12-5-3-4-6-16(12)24-17(11)9-14-13-7-10(20)8-15(21)18(13)22-19(14)23/h7-9H,2-6H2,1H3,(H,22,23). The zero-order valence-corrected chi connectivity index (χ0v) is 16.5. The van der Waals surface area contributed by atoms with E-state index in [1.165, 1.54) is 24.0 Å². The van der Waals surface area contributed by atoms with Gasteiger partial charge in [0.2, 0.25) is 0 Å². The summed E-state index contributed by atoms with van der Waals surface area (Å²) in [6.45, 7) is 2.15. The summed E-state index contributed by atoms with van der Waals surface area (Å²) in [7, 11) is 0. The van der Waals surface area contributed by atoms with Crippen molar-refractivity contribution in [2.45, 2.75) is 39.0 Å². The third-order valence-corrected chi connectivity index (χ3v) is 5.85. The minimum Gasteiger partial charge on any atom is -0.461 e. The van der Waals surface area contributed by atoms with Crippen molar-refractivity contribution < 1.29 is 9.21 Å². The van der Waals surface area contributed by atoms with E-state index >= 15 is 0 Å². The molecule has 0 saturated carbocycles. The minimum atomic E-state index is -0.0831. The van der Waals surface area contributed by atoms with E-state index < -0.39 is 0 Å². The van der Waals surface area contributed by atoms with Crippen molar-refractivity contribution in [2.24, 2.45) is 0 Å². The van der Waals surface area contributed by atoms with E-state index in [2.05, 4.69) is 44.1 Å². The fourth-order valence-electron chi connectivity index (χ4n) is 3.65. The molecule has 0 spiro atoms. The highest BCUT2D eigenvalue weighted by Crippen LogP contribution is 2.41. The van der Waals surface area contributed by atoms with Gasteiger partial charge >= 0.3 is 0 Å². The van der Waals surface area contributed by atoms with E-state index in [9.17, 15) is 4.79 Å². The molecule has 2 aliphatic rings. The van der Waals surface area contributed by atoms with E-state index in [0.29, 0.717) is 5.57 Å². The molecular formula is C19H17Br2NO2. The highest BCUT2D eigenvalue weighted by Gasteiger charge is 2.28. The lowest BCUT2D eigenvalue weighted by Crippen LogP contribution is -2.04. The Labute approximate surface area is 157 Å². The number of carbonyl (C=O) groups excluding carboxylic acids is 1. The Kier molecular flexibility index (Phi) is 4.17. The topological polar surface area (TPSA) is 42.2 Å². The van der Waals surface area contributed by atoms with Crippen LogP contribution in [0.5, 0.6) is 0 Å². The molecule has 1 N–H and O–H groups in total. The first-order valence-electron chi connectivity index (χ1n) is 8.24. The summed E-state index contributed by atoms with van der Waals surface area (Å²) in [5, 5.41) is 2.95. The molecule has 2 heterocycles. The van der Waals surface area contributed by atoms with Gasteiger partial charge in [-0.15, -0.1) is 0 Å². The minimum absolute atomic E-state index is 0.0831. The van der Waals surface area contributed by atoms with Crippen molar-refractivity contribution in [3.8, 4) is 0 Å². The summed E-state index contributed by atoms with van der Waals surface area (Å²) in [5.41, 5.74) is 5.01. The van der Waals surface area contributed by atoms with Gasteiger partial charge in [0.1, 0.15) is 11.5 Å². The molecule has 3 nitrogen and oxygen atoms in total. The predicted octanol–water partition coefficient (Wildman–Crippen LogP) is 5.74. The summed E-state index contributed by atoms with van der Waals surface area (Å²) in [5.74, 6) is 1.87. The lowest BCUT2D eigenvalue weighted by molar-refractivity contribution is -0.110. The summed E-state index contributed by atoms with van der Waals surface area (Å²) in [4.78, 5) is 12.5. The molecule has 1 amide bonds. The highest BCUT2D eigenvalue weighted by atomic mass is 79.9. The van der Waals surface area contributed by atoms with Crippen molar-refractivity contribution in [1.29, 1.82) is 0 Å². The lowest BCUT2D eigenvalue weighted by atomic mass is 9.93. The molecule has 0 radical (unpaired) electrons. The lowest BCUT2D eigenvalue weighted by Gasteiger charge is -2.09. The van der Waals surface area contributed by atoms with Crippen LogP contribution in [0.4, 0.5) is 5.69 Å². The molecule has 1 aliphatic carbocycles. The van der Waals surface area contributed by atoms with Gasteiger partial charge < -0.3 is 9.73 Å². The number of hydrogen-bond acceptors (Lipinski definition) is 2. The molecule has 1 aliphatic heterocycles. The average molecular weight is 451 g/mol. The van der Waals surface area contributed by atoms with Crippen LogP contribution in [0.2, 0.25) is 0 Å². The second-order valence-electron chi connectivity index (χ2n) is 6.23. The van der Waals surface area contributed by atoms with Gasteiger partial charge in [0.25, 0.3) is 5.91 Å². The maximum absolute atomic E-state index is 12.5. The predicted molar refractivity (Wildman–Crippen MR) is 103 cm³/mol. The van der Waals surface area contributed by atoms with Crippen LogP contribution in [0.15, 0.2) is 25.5 Å². The van der Waals surface area contributed by atoms with Crippen LogP contribution in [0.1, 0.15) is 48.0 Å². The number of rotatable bonds is 2. The summed E-state index contributed by atoms with van der Waals surface area (Å²) >= 11 is 7.02. The Balaban J connectivity index is 1.86. The number of aryl methyl sites for hydroxylation is 1. The number of carbonyl (C=O) groups is 1. The number of amides is 1. The zero-order chi connectivity index (χ0) is 16.8. The SMILES string of the molecule is CCc1c(C=C2C(=O)Nc3c(Br)cc(Br)cc32)oc2c1CCCC2. The van der Waals surface area contributed by atoms with Gasteiger partial charge in [-0.1, -0.05) is 22.9 Å². The molecule has 0 unspecified atom stereocenters. The molecule has 2 aromatic rings. The van der Waals surface area contributed by atoms with E-state index in [0.717, 1.165) is 51.0 Å². The Morgan fingerprint density at radius 3 is 2.83 bits per heavy atom. The zero-order valence-electron chi connectivity index (χ0n) is 13.3. The maximum atomic E-state index is 12.5. The van der Waals surface area contributed by atoms with Gasteiger partial charge in [0.15, 0.2) is 0 Å². The monoisotopic (exact) mass is 449 g/mol. The molecule has 0 atom stereocenters. The summed E-state index contributed by atoms with van der Waals surface area (Å²) in [6.07, 6.45) is 7.34. The first kappa shape index (κ1) is 16.2. The molecular weight excluding hydrogens is 434 g/mol. The normalized spacial score (nSPS) is 17.8. The van der Waals surface area contributed by atoms with Gasteiger partial charge in [-0.25, -0.2) is 0 Å². The number of benzene rings is 1. The van der Waals surface area contributed by atoms with Gasteiger partial charge in [0, 0.05) is 26.5 Å². The number of anilines is 1. The molecule has 0 fully saturated rings. The first-order chi connectivity index (χ1) is 11.6. The third-order valence-electron chi connectivity index (χ3n) is 4.77. The summed E-state index contributed by atoms with van der Waals surface area (Å²) < 4.78 is 7.94. The van der Waals surface area contributed by atoms with Gasteiger partial charge in [0.05, 0.1) is 11.3 Å². The van der Waals surface area contributed by atoms with Crippen molar-refractivity contribution >= 4 is 55.1 Å². The van der Waals surface area contributed by atoms with Crippen molar-refractivity contribution in [2.75, 3.05) is 5.32 Å². The third kappa shape index (κ3) is 2.58. The van der Waals surface area contributed by atoms with Crippen LogP contribution in [0.3, 0.4) is 0 Å². The number of nitrogens with one attached hydrogen (secondary N) is 1. The largest absolute Gasteiger partial charge is 0.461 e. The van der Waals surface area contributed by atoms with Crippen molar-refractivity contribution in [1.82, 2.24) is 0 Å². The van der Waals surface area contributed by atoms with Crippen molar-refractivity contribution in [3.63, 3.8) is 0 Å². The Morgan fingerprint density at radius 1 is 1.25 bits per heavy atom. The number of hydrogen-bond donors (Lipinski definition) is 1. The number of furan rings is 1. The van der Waals surface area contributed by atoms with E-state index in [1.807, 2.05) is 18.2 Å². The van der Waals surface area contributed by atoms with Crippen LogP contribution < -0.4 is 5.32 Å². The molecule has 1 aromatic heterocycles. The van der Waals surface area contributed by atoms with Crippen LogP contribution in [-0.4, -0.2) is 5.91 Å². The maximum Gasteiger partial charge on any atom is 0.256 e. The molecule has 4 rings (SSSR count). The van der Waals surface area contributed by atoms with E-state index in [1.54, 1.807) is 0 Å². The molecule has 5 heteroatoms. The Bertz CT molecular complexity index is 880. The Morgan fingerprint density at radius 2 is 2.04 bits per heavy atom. The molecule has 124 valence electrons. The number of halogens is 2.